The molecule has 0 aromatic carbocycles. The number of nitrogens with zero attached hydrogens (tertiary/aromatic N) is 2. The van der Waals surface area contributed by atoms with E-state index in [0.717, 1.165) is 32.1 Å². The molecule has 0 heterocycles. The number of carbonyl (C=O) groups is 1. The zero-order valence-electron chi connectivity index (χ0n) is 15.1. The molecule has 1 rings (SSSR count). The Morgan fingerprint density at radius 2 is 1.96 bits per heavy atom. The highest BCUT2D eigenvalue weighted by Crippen LogP contribution is 2.48. The summed E-state index contributed by atoms with van der Waals surface area (Å²) in [5.41, 5.74) is 0.349. The van der Waals surface area contributed by atoms with Gasteiger partial charge in [-0.25, -0.2) is 4.99 Å². The van der Waals surface area contributed by atoms with E-state index >= 15 is 0 Å². The van der Waals surface area contributed by atoms with Gasteiger partial charge < -0.3 is 20.3 Å². The van der Waals surface area contributed by atoms with Crippen LogP contribution in [0.3, 0.4) is 0 Å². The zero-order chi connectivity index (χ0) is 16.6. The third-order valence-corrected chi connectivity index (χ3v) is 3.97. The van der Waals surface area contributed by atoms with Gasteiger partial charge in [-0.2, -0.15) is 0 Å². The van der Waals surface area contributed by atoms with E-state index in [9.17, 15) is 4.79 Å². The molecule has 0 aliphatic heterocycles. The molecule has 1 amide bonds. The Morgan fingerprint density at radius 3 is 2.43 bits per heavy atom. The number of halogens is 1. The van der Waals surface area contributed by atoms with E-state index < -0.39 is 0 Å². The minimum Gasteiger partial charge on any atom is -0.385 e. The van der Waals surface area contributed by atoms with Crippen LogP contribution in [0, 0.1) is 11.3 Å². The van der Waals surface area contributed by atoms with Crippen LogP contribution in [0.5, 0.6) is 0 Å². The average molecular weight is 440 g/mol. The topological polar surface area (TPSA) is 66.0 Å². The first-order valence-electron chi connectivity index (χ1n) is 8.10. The quantitative estimate of drug-likeness (QED) is 0.326. The first-order chi connectivity index (χ1) is 10.4. The maximum Gasteiger partial charge on any atom is 0.243 e. The number of amides is 1. The number of ether oxygens (including phenoxy) is 1. The summed E-state index contributed by atoms with van der Waals surface area (Å²) in [5, 5.41) is 6.70. The number of likely N-dealkylation sites (N-methyl/N-ethyl adjacent to an activating group) is 1. The van der Waals surface area contributed by atoms with Gasteiger partial charge in [0.05, 0.1) is 0 Å². The van der Waals surface area contributed by atoms with Gasteiger partial charge in [0.2, 0.25) is 5.91 Å². The van der Waals surface area contributed by atoms with Crippen LogP contribution in [-0.2, 0) is 9.53 Å². The van der Waals surface area contributed by atoms with Crippen LogP contribution in [0.25, 0.3) is 0 Å². The van der Waals surface area contributed by atoms with Crippen molar-refractivity contribution < 1.29 is 9.53 Å². The Balaban J connectivity index is 0.00000484. The maximum absolute atomic E-state index is 11.7. The second-order valence-electron chi connectivity index (χ2n) is 6.82. The fourth-order valence-corrected chi connectivity index (χ4v) is 2.04. The molecule has 6 nitrogen and oxygen atoms in total. The van der Waals surface area contributed by atoms with Gasteiger partial charge >= 0.3 is 0 Å². The molecule has 0 radical (unpaired) electrons. The summed E-state index contributed by atoms with van der Waals surface area (Å²) >= 11 is 0. The van der Waals surface area contributed by atoms with Gasteiger partial charge in [-0.15, -0.1) is 24.0 Å². The largest absolute Gasteiger partial charge is 0.385 e. The normalized spacial score (nSPS) is 15.8. The van der Waals surface area contributed by atoms with Crippen molar-refractivity contribution >= 4 is 35.8 Å². The highest BCUT2D eigenvalue weighted by molar-refractivity contribution is 14.0. The van der Waals surface area contributed by atoms with Gasteiger partial charge in [0.25, 0.3) is 0 Å². The molecule has 0 atom stereocenters. The predicted octanol–water partition coefficient (Wildman–Crippen LogP) is 1.70. The Labute approximate surface area is 157 Å². The van der Waals surface area contributed by atoms with Crippen LogP contribution < -0.4 is 10.6 Å². The van der Waals surface area contributed by atoms with Gasteiger partial charge in [-0.3, -0.25) is 4.79 Å². The smallest absolute Gasteiger partial charge is 0.243 e. The van der Waals surface area contributed by atoms with Crippen molar-refractivity contribution in [3.63, 3.8) is 0 Å². The molecule has 0 aromatic heterocycles. The monoisotopic (exact) mass is 440 g/mol. The number of guanidine groups is 1. The number of hydrogen-bond acceptors (Lipinski definition) is 3. The summed E-state index contributed by atoms with van der Waals surface area (Å²) in [6, 6.07) is 0. The van der Waals surface area contributed by atoms with E-state index in [0.29, 0.717) is 11.3 Å². The summed E-state index contributed by atoms with van der Waals surface area (Å²) in [6.45, 7) is 6.99. The molecule has 7 heteroatoms. The van der Waals surface area contributed by atoms with Crippen LogP contribution in [0.4, 0.5) is 0 Å². The lowest BCUT2D eigenvalue weighted by atomic mass is 10.0. The van der Waals surface area contributed by atoms with Crippen LogP contribution >= 0.6 is 24.0 Å². The summed E-state index contributed by atoms with van der Waals surface area (Å²) in [7, 11) is 5.24. The van der Waals surface area contributed by atoms with E-state index in [-0.39, 0.29) is 36.4 Å². The molecule has 0 spiro atoms. The lowest BCUT2D eigenvalue weighted by molar-refractivity contribution is -0.127. The van der Waals surface area contributed by atoms with Crippen LogP contribution in [-0.4, -0.2) is 64.2 Å². The second kappa shape index (κ2) is 11.1. The van der Waals surface area contributed by atoms with Gasteiger partial charge in [0, 0.05) is 40.9 Å². The zero-order valence-corrected chi connectivity index (χ0v) is 17.5. The van der Waals surface area contributed by atoms with Crippen molar-refractivity contribution in [1.29, 1.82) is 0 Å². The molecule has 0 saturated heterocycles. The molecule has 0 bridgehead atoms. The van der Waals surface area contributed by atoms with E-state index in [1.807, 2.05) is 0 Å². The fraction of sp³-hybridized carbons (Fsp3) is 0.875. The molecule has 1 aliphatic rings. The van der Waals surface area contributed by atoms with Crippen molar-refractivity contribution in [1.82, 2.24) is 15.5 Å². The molecule has 0 unspecified atom stereocenters. The molecular weight excluding hydrogens is 407 g/mol. The van der Waals surface area contributed by atoms with Crippen molar-refractivity contribution in [3.8, 4) is 0 Å². The van der Waals surface area contributed by atoms with Crippen molar-refractivity contribution in [2.24, 2.45) is 16.3 Å². The summed E-state index contributed by atoms with van der Waals surface area (Å²) in [4.78, 5) is 17.6. The molecule has 0 aromatic rings. The number of rotatable bonds is 9. The molecule has 136 valence electrons. The minimum atomic E-state index is 0. The van der Waals surface area contributed by atoms with Crippen molar-refractivity contribution in [2.75, 3.05) is 47.4 Å². The highest BCUT2D eigenvalue weighted by Gasteiger charge is 2.41. The molecule has 1 fully saturated rings. The number of nitrogens with one attached hydrogen (secondary N) is 2. The first kappa shape index (κ1) is 22.4. The lowest BCUT2D eigenvalue weighted by Gasteiger charge is -2.19. The van der Waals surface area contributed by atoms with Gasteiger partial charge in [0.15, 0.2) is 5.96 Å². The third kappa shape index (κ3) is 9.34. The van der Waals surface area contributed by atoms with Crippen molar-refractivity contribution in [3.05, 3.63) is 0 Å². The number of hydrogen-bond donors (Lipinski definition) is 2. The molecule has 1 saturated carbocycles. The van der Waals surface area contributed by atoms with Crippen LogP contribution in [0.1, 0.15) is 33.1 Å². The van der Waals surface area contributed by atoms with Gasteiger partial charge in [-0.05, 0) is 30.6 Å². The Bertz CT molecular complexity index is 382. The van der Waals surface area contributed by atoms with Gasteiger partial charge in [0.1, 0.15) is 6.54 Å². The summed E-state index contributed by atoms with van der Waals surface area (Å²) in [6.07, 6.45) is 3.54. The SMILES string of the molecule is COCCC1(CNC(=NCC(=O)N(C)C)NCC(C)C)CC1.I. The van der Waals surface area contributed by atoms with Crippen LogP contribution in [0.15, 0.2) is 4.99 Å². The van der Waals surface area contributed by atoms with Crippen LogP contribution in [0.2, 0.25) is 0 Å². The number of methoxy groups -OCH3 is 1. The van der Waals surface area contributed by atoms with E-state index in [4.69, 9.17) is 4.74 Å². The van der Waals surface area contributed by atoms with Gasteiger partial charge in [-0.1, -0.05) is 13.8 Å². The summed E-state index contributed by atoms with van der Waals surface area (Å²) in [5.74, 6) is 1.26. The van der Waals surface area contributed by atoms with E-state index in [2.05, 4.69) is 29.5 Å². The lowest BCUT2D eigenvalue weighted by Crippen LogP contribution is -2.42. The third-order valence-electron chi connectivity index (χ3n) is 3.97. The van der Waals surface area contributed by atoms with E-state index in [1.54, 1.807) is 26.1 Å². The Kier molecular flexibility index (Phi) is 10.8. The first-order valence-corrected chi connectivity index (χ1v) is 8.10. The molecule has 23 heavy (non-hydrogen) atoms. The Morgan fingerprint density at radius 1 is 1.30 bits per heavy atom. The fourth-order valence-electron chi connectivity index (χ4n) is 2.04. The van der Waals surface area contributed by atoms with Crippen molar-refractivity contribution in [2.45, 2.75) is 33.1 Å². The molecular formula is C16H33IN4O2. The highest BCUT2D eigenvalue weighted by atomic mass is 127. The molecule has 2 N–H and O–H groups in total. The standard InChI is InChI=1S/C16H32N4O2.HI/c1-13(2)10-17-15(18-11-14(21)20(3)4)19-12-16(6-7-16)8-9-22-5;/h13H,6-12H2,1-5H3,(H2,17,18,19);1H. The second-order valence-corrected chi connectivity index (χ2v) is 6.82. The van der Waals surface area contributed by atoms with E-state index in [1.165, 1.54) is 12.8 Å². The minimum absolute atomic E-state index is 0. The maximum atomic E-state index is 11.7. The average Bonchev–Trinajstić information content (AvgIpc) is 3.24. The Hall–Kier alpha value is -0.570. The summed E-state index contributed by atoms with van der Waals surface area (Å²) < 4.78 is 5.18. The molecule has 1 aliphatic carbocycles. The predicted molar refractivity (Wildman–Crippen MR) is 105 cm³/mol. The number of carbonyl (C=O) groups excluding carboxylic acids is 1. The number of aliphatic imine (C=N–C) groups is 1.